The van der Waals surface area contributed by atoms with Crippen LogP contribution < -0.4 is 10.0 Å². The Labute approximate surface area is 119 Å². The smallest absolute Gasteiger partial charge is 0.267 e. The van der Waals surface area contributed by atoms with Gasteiger partial charge in [0.2, 0.25) is 10.0 Å². The second kappa shape index (κ2) is 5.55. The molecule has 0 aliphatic heterocycles. The number of aryl methyl sites for hydroxylation is 1. The molecule has 1 aromatic heterocycles. The number of sulfonamides is 1. The van der Waals surface area contributed by atoms with E-state index in [-0.39, 0.29) is 16.5 Å². The Hall–Kier alpha value is -1.38. The first-order valence-electron chi connectivity index (χ1n) is 6.11. The number of aliphatic hydroxyl groups excluding tert-OH is 1. The maximum Gasteiger partial charge on any atom is 0.267 e. The van der Waals surface area contributed by atoms with E-state index in [2.05, 4.69) is 10.0 Å². The molecule has 1 unspecified atom stereocenters. The van der Waals surface area contributed by atoms with Crippen LogP contribution in [0, 0.1) is 0 Å². The van der Waals surface area contributed by atoms with Gasteiger partial charge in [-0.05, 0) is 26.8 Å². The number of nitrogens with zero attached hydrogens (tertiary/aromatic N) is 1. The number of hydrogen-bond donors (Lipinski definition) is 3. The Bertz CT molecular complexity index is 602. The predicted octanol–water partition coefficient (Wildman–Crippen LogP) is -0.178. The van der Waals surface area contributed by atoms with Crippen LogP contribution in [0.3, 0.4) is 0 Å². The van der Waals surface area contributed by atoms with Crippen molar-refractivity contribution in [2.24, 2.45) is 7.05 Å². The number of rotatable bonds is 5. The molecule has 0 aliphatic rings. The molecule has 1 atom stereocenters. The molecule has 0 aromatic carbocycles. The number of aromatic nitrogens is 1. The highest BCUT2D eigenvalue weighted by Crippen LogP contribution is 2.18. The van der Waals surface area contributed by atoms with Crippen molar-refractivity contribution in [1.29, 1.82) is 0 Å². The fraction of sp³-hybridized carbons (Fsp3) is 0.583. The Kier molecular flexibility index (Phi) is 4.62. The molecular weight excluding hydrogens is 282 g/mol. The van der Waals surface area contributed by atoms with E-state index in [0.29, 0.717) is 0 Å². The lowest BCUT2D eigenvalue weighted by molar-refractivity contribution is 0.0955. The second-order valence-electron chi connectivity index (χ2n) is 5.25. The minimum atomic E-state index is -3.82. The number of amides is 1. The van der Waals surface area contributed by atoms with Crippen LogP contribution >= 0.6 is 0 Å². The lowest BCUT2D eigenvalue weighted by atomic mass is 10.0. The first-order chi connectivity index (χ1) is 9.01. The highest BCUT2D eigenvalue weighted by atomic mass is 32.2. The van der Waals surface area contributed by atoms with Crippen molar-refractivity contribution in [1.82, 2.24) is 14.6 Å². The fourth-order valence-corrected chi connectivity index (χ4v) is 3.07. The van der Waals surface area contributed by atoms with Crippen LogP contribution in [0.15, 0.2) is 17.2 Å². The van der Waals surface area contributed by atoms with Crippen molar-refractivity contribution < 1.29 is 18.3 Å². The summed E-state index contributed by atoms with van der Waals surface area (Å²) < 4.78 is 28.4. The van der Waals surface area contributed by atoms with Gasteiger partial charge in [-0.15, -0.1) is 0 Å². The third kappa shape index (κ3) is 3.38. The first-order valence-corrected chi connectivity index (χ1v) is 7.60. The Morgan fingerprint density at radius 3 is 2.45 bits per heavy atom. The van der Waals surface area contributed by atoms with E-state index in [4.69, 9.17) is 0 Å². The molecular formula is C12H21N3O4S. The van der Waals surface area contributed by atoms with Gasteiger partial charge in [0.1, 0.15) is 10.6 Å². The molecule has 0 saturated carbocycles. The molecule has 0 spiro atoms. The molecule has 7 nitrogen and oxygen atoms in total. The molecule has 114 valence electrons. The lowest BCUT2D eigenvalue weighted by Crippen LogP contribution is -2.50. The summed E-state index contributed by atoms with van der Waals surface area (Å²) in [5, 5.41) is 12.0. The maximum absolute atomic E-state index is 12.3. The van der Waals surface area contributed by atoms with Gasteiger partial charge >= 0.3 is 0 Å². The van der Waals surface area contributed by atoms with Crippen molar-refractivity contribution in [3.8, 4) is 0 Å². The summed E-state index contributed by atoms with van der Waals surface area (Å²) in [5.41, 5.74) is -0.773. The summed E-state index contributed by atoms with van der Waals surface area (Å²) in [6, 6.07) is 1.29. The van der Waals surface area contributed by atoms with E-state index < -0.39 is 21.7 Å². The normalized spacial score (nSPS) is 14.1. The van der Waals surface area contributed by atoms with Crippen molar-refractivity contribution in [3.63, 3.8) is 0 Å². The SMILES string of the molecule is CNC(=O)c1cc(S(=O)(=O)NC(C)(C)C(C)O)cn1C. The van der Waals surface area contributed by atoms with Gasteiger partial charge in [0.25, 0.3) is 5.91 Å². The van der Waals surface area contributed by atoms with Gasteiger partial charge in [0, 0.05) is 20.3 Å². The van der Waals surface area contributed by atoms with Crippen molar-refractivity contribution >= 4 is 15.9 Å². The van der Waals surface area contributed by atoms with Gasteiger partial charge in [-0.3, -0.25) is 4.79 Å². The van der Waals surface area contributed by atoms with E-state index in [1.54, 1.807) is 20.9 Å². The van der Waals surface area contributed by atoms with Crippen molar-refractivity contribution in [2.75, 3.05) is 7.05 Å². The monoisotopic (exact) mass is 303 g/mol. The number of aliphatic hydroxyl groups is 1. The largest absolute Gasteiger partial charge is 0.391 e. The van der Waals surface area contributed by atoms with E-state index in [1.165, 1.54) is 30.8 Å². The first kappa shape index (κ1) is 16.7. The summed E-state index contributed by atoms with van der Waals surface area (Å²) in [4.78, 5) is 11.6. The minimum absolute atomic E-state index is 0.0210. The van der Waals surface area contributed by atoms with Gasteiger partial charge in [0.15, 0.2) is 0 Å². The molecule has 0 fully saturated rings. The van der Waals surface area contributed by atoms with Gasteiger partial charge in [-0.25, -0.2) is 13.1 Å². The topological polar surface area (TPSA) is 100 Å². The predicted molar refractivity (Wildman–Crippen MR) is 74.9 cm³/mol. The summed E-state index contributed by atoms with van der Waals surface area (Å²) >= 11 is 0. The Balaban J connectivity index is 3.15. The zero-order valence-corrected chi connectivity index (χ0v) is 13.1. The zero-order valence-electron chi connectivity index (χ0n) is 12.3. The number of carbonyl (C=O) groups excluding carboxylic acids is 1. The van der Waals surface area contributed by atoms with Crippen LogP contribution in [0.5, 0.6) is 0 Å². The van der Waals surface area contributed by atoms with Crippen molar-refractivity contribution in [3.05, 3.63) is 18.0 Å². The molecule has 0 bridgehead atoms. The second-order valence-corrected chi connectivity index (χ2v) is 6.94. The van der Waals surface area contributed by atoms with E-state index in [9.17, 15) is 18.3 Å². The van der Waals surface area contributed by atoms with Gasteiger partial charge in [-0.2, -0.15) is 0 Å². The van der Waals surface area contributed by atoms with Gasteiger partial charge in [-0.1, -0.05) is 0 Å². The third-order valence-electron chi connectivity index (χ3n) is 3.19. The molecule has 20 heavy (non-hydrogen) atoms. The summed E-state index contributed by atoms with van der Waals surface area (Å²) in [5.74, 6) is -0.372. The third-order valence-corrected chi connectivity index (χ3v) is 4.83. The standard InChI is InChI=1S/C12H21N3O4S/c1-8(16)12(2,3)14-20(18,19)9-6-10(11(17)13-4)15(5)7-9/h6-8,14,16H,1-5H3,(H,13,17). The molecule has 0 saturated heterocycles. The molecule has 1 rings (SSSR count). The number of hydrogen-bond acceptors (Lipinski definition) is 4. The molecule has 0 aliphatic carbocycles. The Morgan fingerprint density at radius 1 is 1.45 bits per heavy atom. The van der Waals surface area contributed by atoms with Crippen LogP contribution in [0.1, 0.15) is 31.3 Å². The van der Waals surface area contributed by atoms with Gasteiger partial charge in [0.05, 0.1) is 11.6 Å². The van der Waals surface area contributed by atoms with Crippen LogP contribution in [0.2, 0.25) is 0 Å². The fourth-order valence-electron chi connectivity index (χ4n) is 1.53. The molecule has 8 heteroatoms. The van der Waals surface area contributed by atoms with E-state index in [1.807, 2.05) is 0 Å². The minimum Gasteiger partial charge on any atom is -0.391 e. The lowest BCUT2D eigenvalue weighted by Gasteiger charge is -2.28. The van der Waals surface area contributed by atoms with E-state index in [0.717, 1.165) is 0 Å². The van der Waals surface area contributed by atoms with Gasteiger partial charge < -0.3 is 15.0 Å². The molecule has 1 aromatic rings. The summed E-state index contributed by atoms with van der Waals surface area (Å²) in [6.45, 7) is 4.67. The molecule has 0 radical (unpaired) electrons. The Morgan fingerprint density at radius 2 is 2.00 bits per heavy atom. The molecule has 3 N–H and O–H groups in total. The zero-order chi connectivity index (χ0) is 15.7. The van der Waals surface area contributed by atoms with Crippen LogP contribution in [0.4, 0.5) is 0 Å². The highest BCUT2D eigenvalue weighted by molar-refractivity contribution is 7.89. The average Bonchev–Trinajstić information content (AvgIpc) is 2.69. The van der Waals surface area contributed by atoms with Crippen LogP contribution in [-0.4, -0.2) is 42.7 Å². The summed E-state index contributed by atoms with van der Waals surface area (Å²) in [7, 11) is -0.760. The van der Waals surface area contributed by atoms with E-state index >= 15 is 0 Å². The highest BCUT2D eigenvalue weighted by Gasteiger charge is 2.31. The number of nitrogens with one attached hydrogen (secondary N) is 2. The average molecular weight is 303 g/mol. The molecule has 1 amide bonds. The van der Waals surface area contributed by atoms with Crippen molar-refractivity contribution in [2.45, 2.75) is 37.3 Å². The van der Waals surface area contributed by atoms with Crippen LogP contribution in [-0.2, 0) is 17.1 Å². The maximum atomic E-state index is 12.3. The number of carbonyl (C=O) groups is 1. The molecule has 1 heterocycles. The summed E-state index contributed by atoms with van der Waals surface area (Å²) in [6.07, 6.45) is 0.491. The quantitative estimate of drug-likeness (QED) is 0.702. The van der Waals surface area contributed by atoms with Crippen LogP contribution in [0.25, 0.3) is 0 Å².